The highest BCUT2D eigenvalue weighted by Crippen LogP contribution is 2.30. The monoisotopic (exact) mass is 367 g/mol. The van der Waals surface area contributed by atoms with E-state index in [0.29, 0.717) is 26.1 Å². The van der Waals surface area contributed by atoms with Crippen LogP contribution in [0, 0.1) is 6.92 Å². The zero-order valence-corrected chi connectivity index (χ0v) is 15.9. The number of rotatable bonds is 3. The van der Waals surface area contributed by atoms with Gasteiger partial charge in [-0.2, -0.15) is 0 Å². The standard InChI is InChI=1S/C24H21N3O/c1-16-3-2-4-17(9-16)14-27-15-21-11-22-20(10-19(21)12-23(27)28)13-26-24(22)18-5-7-25-8-6-18/h2-11H,12-15H2,1H3. The summed E-state index contributed by atoms with van der Waals surface area (Å²) in [6.45, 7) is 4.07. The third-order valence-corrected chi connectivity index (χ3v) is 5.55. The number of aromatic nitrogens is 1. The van der Waals surface area contributed by atoms with E-state index in [2.05, 4.69) is 48.3 Å². The Morgan fingerprint density at radius 3 is 2.68 bits per heavy atom. The third kappa shape index (κ3) is 3.01. The maximum absolute atomic E-state index is 12.7. The molecule has 3 aromatic rings. The van der Waals surface area contributed by atoms with E-state index in [1.807, 2.05) is 17.0 Å². The van der Waals surface area contributed by atoms with Gasteiger partial charge in [0.1, 0.15) is 0 Å². The van der Waals surface area contributed by atoms with E-state index in [9.17, 15) is 4.79 Å². The number of aryl methyl sites for hydroxylation is 1. The van der Waals surface area contributed by atoms with Gasteiger partial charge < -0.3 is 4.90 Å². The lowest BCUT2D eigenvalue weighted by Gasteiger charge is -2.29. The van der Waals surface area contributed by atoms with Crippen LogP contribution in [-0.4, -0.2) is 21.5 Å². The van der Waals surface area contributed by atoms with Gasteiger partial charge in [-0.1, -0.05) is 35.9 Å². The van der Waals surface area contributed by atoms with E-state index in [0.717, 1.165) is 16.8 Å². The van der Waals surface area contributed by atoms with Crippen molar-refractivity contribution in [3.8, 4) is 0 Å². The molecule has 0 atom stereocenters. The molecule has 0 fully saturated rings. The minimum Gasteiger partial charge on any atom is -0.334 e. The molecule has 0 spiro atoms. The number of fused-ring (bicyclic) bond motifs is 2. The maximum Gasteiger partial charge on any atom is 0.227 e. The highest BCUT2D eigenvalue weighted by molar-refractivity contribution is 6.15. The van der Waals surface area contributed by atoms with Gasteiger partial charge in [-0.3, -0.25) is 14.8 Å². The first kappa shape index (κ1) is 16.9. The largest absolute Gasteiger partial charge is 0.334 e. The molecule has 5 rings (SSSR count). The summed E-state index contributed by atoms with van der Waals surface area (Å²) in [7, 11) is 0. The van der Waals surface area contributed by atoms with Crippen LogP contribution < -0.4 is 0 Å². The second-order valence-corrected chi connectivity index (χ2v) is 7.59. The number of pyridine rings is 1. The fraction of sp³-hybridized carbons (Fsp3) is 0.208. The van der Waals surface area contributed by atoms with E-state index >= 15 is 0 Å². The highest BCUT2D eigenvalue weighted by Gasteiger charge is 2.27. The number of benzene rings is 2. The van der Waals surface area contributed by atoms with Crippen molar-refractivity contribution in [1.29, 1.82) is 0 Å². The lowest BCUT2D eigenvalue weighted by Crippen LogP contribution is -2.35. The lowest BCUT2D eigenvalue weighted by atomic mass is 9.91. The summed E-state index contributed by atoms with van der Waals surface area (Å²) < 4.78 is 0. The summed E-state index contributed by atoms with van der Waals surface area (Å²) in [4.78, 5) is 23.5. The molecule has 2 aliphatic rings. The number of nitrogens with zero attached hydrogens (tertiary/aromatic N) is 3. The van der Waals surface area contributed by atoms with Gasteiger partial charge in [0.2, 0.25) is 5.91 Å². The topological polar surface area (TPSA) is 45.6 Å². The Morgan fingerprint density at radius 2 is 1.86 bits per heavy atom. The summed E-state index contributed by atoms with van der Waals surface area (Å²) in [5, 5.41) is 0. The Hall–Kier alpha value is -3.27. The number of carbonyl (C=O) groups is 1. The summed E-state index contributed by atoms with van der Waals surface area (Å²) in [6, 6.07) is 16.8. The van der Waals surface area contributed by atoms with Crippen LogP contribution >= 0.6 is 0 Å². The number of hydrogen-bond donors (Lipinski definition) is 0. The fourth-order valence-electron chi connectivity index (χ4n) is 4.15. The van der Waals surface area contributed by atoms with Gasteiger partial charge in [-0.05, 0) is 47.4 Å². The van der Waals surface area contributed by atoms with Crippen molar-refractivity contribution < 1.29 is 4.79 Å². The number of aliphatic imine (C=N–C) groups is 1. The van der Waals surface area contributed by atoms with Crippen molar-refractivity contribution in [3.05, 3.63) is 99.9 Å². The Morgan fingerprint density at radius 1 is 1.00 bits per heavy atom. The summed E-state index contributed by atoms with van der Waals surface area (Å²) in [5.41, 5.74) is 9.31. The second-order valence-electron chi connectivity index (χ2n) is 7.59. The van der Waals surface area contributed by atoms with Gasteiger partial charge in [0.05, 0.1) is 18.7 Å². The van der Waals surface area contributed by atoms with E-state index in [4.69, 9.17) is 4.99 Å². The molecule has 0 unspecified atom stereocenters. The Kier molecular flexibility index (Phi) is 4.05. The zero-order valence-electron chi connectivity index (χ0n) is 15.9. The van der Waals surface area contributed by atoms with Crippen molar-refractivity contribution in [3.63, 3.8) is 0 Å². The van der Waals surface area contributed by atoms with Crippen molar-refractivity contribution in [2.24, 2.45) is 4.99 Å². The molecular weight excluding hydrogens is 346 g/mol. The van der Waals surface area contributed by atoms with Gasteiger partial charge in [-0.15, -0.1) is 0 Å². The molecule has 4 nitrogen and oxygen atoms in total. The Bertz CT molecular complexity index is 1100. The molecule has 0 radical (unpaired) electrons. The highest BCUT2D eigenvalue weighted by atomic mass is 16.2. The predicted molar refractivity (Wildman–Crippen MR) is 109 cm³/mol. The van der Waals surface area contributed by atoms with Gasteiger partial charge in [0.25, 0.3) is 0 Å². The molecule has 3 heterocycles. The molecule has 0 saturated carbocycles. The smallest absolute Gasteiger partial charge is 0.227 e. The number of hydrogen-bond acceptors (Lipinski definition) is 3. The summed E-state index contributed by atoms with van der Waals surface area (Å²) in [6.07, 6.45) is 4.08. The molecule has 2 aromatic carbocycles. The van der Waals surface area contributed by atoms with Gasteiger partial charge in [0, 0.05) is 36.6 Å². The van der Waals surface area contributed by atoms with E-state index < -0.39 is 0 Å². The third-order valence-electron chi connectivity index (χ3n) is 5.55. The summed E-state index contributed by atoms with van der Waals surface area (Å²) >= 11 is 0. The molecule has 1 aromatic heterocycles. The molecule has 138 valence electrons. The summed E-state index contributed by atoms with van der Waals surface area (Å²) in [5.74, 6) is 0.197. The van der Waals surface area contributed by atoms with Gasteiger partial charge >= 0.3 is 0 Å². The Balaban J connectivity index is 1.45. The molecule has 4 heteroatoms. The molecule has 0 bridgehead atoms. The van der Waals surface area contributed by atoms with Crippen LogP contribution in [0.25, 0.3) is 0 Å². The molecule has 1 amide bonds. The molecule has 0 N–H and O–H groups in total. The first-order valence-corrected chi connectivity index (χ1v) is 9.60. The number of carbonyl (C=O) groups excluding carboxylic acids is 1. The maximum atomic E-state index is 12.7. The van der Waals surface area contributed by atoms with Crippen LogP contribution in [-0.2, 0) is 30.8 Å². The normalized spacial score (nSPS) is 15.2. The van der Waals surface area contributed by atoms with Crippen LogP contribution in [0.15, 0.2) is 65.9 Å². The van der Waals surface area contributed by atoms with Crippen LogP contribution in [0.3, 0.4) is 0 Å². The number of amides is 1. The zero-order chi connectivity index (χ0) is 19.1. The second kappa shape index (κ2) is 6.71. The molecule has 28 heavy (non-hydrogen) atoms. The molecule has 2 aliphatic heterocycles. The molecule has 0 aliphatic carbocycles. The fourth-order valence-corrected chi connectivity index (χ4v) is 4.15. The average molecular weight is 367 g/mol. The van der Waals surface area contributed by atoms with E-state index in [1.54, 1.807) is 12.4 Å². The lowest BCUT2D eigenvalue weighted by molar-refractivity contribution is -0.132. The van der Waals surface area contributed by atoms with Gasteiger partial charge in [-0.25, -0.2) is 0 Å². The average Bonchev–Trinajstić information content (AvgIpc) is 3.10. The van der Waals surface area contributed by atoms with E-state index in [1.165, 1.54) is 27.8 Å². The Labute approximate surface area is 164 Å². The van der Waals surface area contributed by atoms with Gasteiger partial charge in [0.15, 0.2) is 0 Å². The minimum atomic E-state index is 0.197. The first-order chi connectivity index (χ1) is 13.7. The molecule has 0 saturated heterocycles. The van der Waals surface area contributed by atoms with Crippen molar-refractivity contribution in [2.75, 3.05) is 0 Å². The van der Waals surface area contributed by atoms with Crippen LogP contribution in [0.5, 0.6) is 0 Å². The SMILES string of the molecule is Cc1cccc(CN2Cc3cc4c(cc3CC2=O)CN=C4c2ccncc2)c1. The minimum absolute atomic E-state index is 0.197. The quantitative estimate of drug-likeness (QED) is 0.706. The predicted octanol–water partition coefficient (Wildman–Crippen LogP) is 3.83. The van der Waals surface area contributed by atoms with Crippen molar-refractivity contribution in [2.45, 2.75) is 33.0 Å². The van der Waals surface area contributed by atoms with Crippen LogP contribution in [0.2, 0.25) is 0 Å². The van der Waals surface area contributed by atoms with E-state index in [-0.39, 0.29) is 5.91 Å². The van der Waals surface area contributed by atoms with Crippen molar-refractivity contribution in [1.82, 2.24) is 9.88 Å². The van der Waals surface area contributed by atoms with Crippen molar-refractivity contribution >= 4 is 11.6 Å². The van der Waals surface area contributed by atoms with Crippen LogP contribution in [0.4, 0.5) is 0 Å². The van der Waals surface area contributed by atoms with Crippen LogP contribution in [0.1, 0.15) is 38.9 Å². The first-order valence-electron chi connectivity index (χ1n) is 9.60. The molecular formula is C24H21N3O.